The number of esters is 2. The number of hydrogen-bond acceptors (Lipinski definition) is 5. The Balaban J connectivity index is 1.31. The van der Waals surface area contributed by atoms with Crippen LogP contribution in [0.15, 0.2) is 54.6 Å². The van der Waals surface area contributed by atoms with Gasteiger partial charge in [0.1, 0.15) is 11.5 Å². The van der Waals surface area contributed by atoms with E-state index in [1.807, 2.05) is 31.2 Å². The fraction of sp³-hybridized carbons (Fsp3) is 0.514. The van der Waals surface area contributed by atoms with Crippen molar-refractivity contribution in [3.63, 3.8) is 0 Å². The van der Waals surface area contributed by atoms with Crippen LogP contribution in [0.4, 0.5) is 13.2 Å². The topological polar surface area (TPSA) is 61.8 Å². The van der Waals surface area contributed by atoms with Gasteiger partial charge in [0.15, 0.2) is 6.10 Å². The fourth-order valence-electron chi connectivity index (χ4n) is 5.78. The van der Waals surface area contributed by atoms with Crippen LogP contribution in [0.2, 0.25) is 0 Å². The van der Waals surface area contributed by atoms with Crippen molar-refractivity contribution >= 4 is 22.7 Å². The van der Waals surface area contributed by atoms with E-state index in [4.69, 9.17) is 14.2 Å². The lowest BCUT2D eigenvalue weighted by molar-refractivity contribution is -0.225. The van der Waals surface area contributed by atoms with Crippen molar-refractivity contribution < 1.29 is 37.0 Å². The lowest BCUT2D eigenvalue weighted by Gasteiger charge is -2.27. The van der Waals surface area contributed by atoms with Gasteiger partial charge in [-0.3, -0.25) is 4.79 Å². The second-order valence-corrected chi connectivity index (χ2v) is 12.1. The Hall–Kier alpha value is -3.55. The average Bonchev–Trinajstić information content (AvgIpc) is 3.03. The molecule has 8 heteroatoms. The van der Waals surface area contributed by atoms with E-state index >= 15 is 0 Å². The molecule has 1 aliphatic carbocycles. The predicted molar refractivity (Wildman–Crippen MR) is 170 cm³/mol. The number of hydrogen-bond donors (Lipinski definition) is 0. The summed E-state index contributed by atoms with van der Waals surface area (Å²) in [7, 11) is 0. The third-order valence-corrected chi connectivity index (χ3v) is 8.46. The monoisotopic (exact) mass is 626 g/mol. The third-order valence-electron chi connectivity index (χ3n) is 8.46. The van der Waals surface area contributed by atoms with Gasteiger partial charge in [0.05, 0.1) is 18.1 Å². The summed E-state index contributed by atoms with van der Waals surface area (Å²) in [5.74, 6) is -0.738. The van der Waals surface area contributed by atoms with Crippen molar-refractivity contribution in [2.45, 2.75) is 110 Å². The second kappa shape index (κ2) is 16.7. The van der Waals surface area contributed by atoms with Crippen LogP contribution in [0.25, 0.3) is 10.8 Å². The second-order valence-electron chi connectivity index (χ2n) is 12.1. The molecule has 0 aliphatic heterocycles. The van der Waals surface area contributed by atoms with Gasteiger partial charge in [-0.2, -0.15) is 13.2 Å². The SMILES string of the molecule is CCCCCCCOc1ccc2cc(C(=O)Oc3ccc4c(c3)CCC(C(=O)O[C@H](CCCCCC)C(F)(F)F)C4)ccc2c1. The summed E-state index contributed by atoms with van der Waals surface area (Å²) in [6.45, 7) is 4.87. The molecular weight excluding hydrogens is 581 g/mol. The number of aryl methyl sites for hydroxylation is 1. The molecule has 45 heavy (non-hydrogen) atoms. The van der Waals surface area contributed by atoms with Gasteiger partial charge in [0, 0.05) is 0 Å². The summed E-state index contributed by atoms with van der Waals surface area (Å²) in [6, 6.07) is 16.4. The molecule has 4 rings (SSSR count). The molecule has 0 saturated carbocycles. The van der Waals surface area contributed by atoms with Crippen LogP contribution in [0.5, 0.6) is 11.5 Å². The van der Waals surface area contributed by atoms with Crippen molar-refractivity contribution in [1.82, 2.24) is 0 Å². The van der Waals surface area contributed by atoms with Gasteiger partial charge < -0.3 is 14.2 Å². The fourth-order valence-corrected chi connectivity index (χ4v) is 5.78. The first kappa shape index (κ1) is 34.3. The van der Waals surface area contributed by atoms with Crippen LogP contribution >= 0.6 is 0 Å². The lowest BCUT2D eigenvalue weighted by atomic mass is 9.84. The number of carbonyl (C=O) groups excluding carboxylic acids is 2. The van der Waals surface area contributed by atoms with E-state index in [1.54, 1.807) is 30.3 Å². The summed E-state index contributed by atoms with van der Waals surface area (Å²) >= 11 is 0. The van der Waals surface area contributed by atoms with Gasteiger partial charge in [-0.25, -0.2) is 4.79 Å². The highest BCUT2D eigenvalue weighted by atomic mass is 19.4. The van der Waals surface area contributed by atoms with Crippen LogP contribution in [-0.4, -0.2) is 30.8 Å². The molecule has 2 atom stereocenters. The van der Waals surface area contributed by atoms with Crippen molar-refractivity contribution in [3.05, 3.63) is 71.3 Å². The minimum atomic E-state index is -4.58. The Kier molecular flexibility index (Phi) is 12.7. The molecule has 0 N–H and O–H groups in total. The molecule has 0 amide bonds. The van der Waals surface area contributed by atoms with E-state index in [9.17, 15) is 22.8 Å². The first-order valence-electron chi connectivity index (χ1n) is 16.5. The molecule has 0 radical (unpaired) electrons. The standard InChI is InChI=1S/C37H45F3O5/c1-3-5-7-9-11-21-43-32-19-17-26-22-30(15-13-28(26)24-32)35(41)44-33-20-18-27-23-31(16-14-29(27)25-33)36(42)45-34(37(38,39)40)12-10-8-6-4-2/h13,15,17-20,22,24-25,31,34H,3-12,14,16,21,23H2,1-2H3/t31?,34-/m1/s1. The largest absolute Gasteiger partial charge is 0.494 e. The zero-order chi connectivity index (χ0) is 32.2. The summed E-state index contributed by atoms with van der Waals surface area (Å²) in [6.07, 6.45) is 2.99. The maximum atomic E-state index is 13.5. The maximum Gasteiger partial charge on any atom is 0.425 e. The highest BCUT2D eigenvalue weighted by Crippen LogP contribution is 2.33. The first-order chi connectivity index (χ1) is 21.7. The normalized spacial score (nSPS) is 15.4. The maximum absolute atomic E-state index is 13.5. The van der Waals surface area contributed by atoms with E-state index in [0.29, 0.717) is 43.6 Å². The van der Waals surface area contributed by atoms with Crippen LogP contribution < -0.4 is 9.47 Å². The highest BCUT2D eigenvalue weighted by Gasteiger charge is 2.43. The van der Waals surface area contributed by atoms with E-state index in [-0.39, 0.29) is 12.8 Å². The molecule has 0 spiro atoms. The zero-order valence-corrected chi connectivity index (χ0v) is 26.4. The minimum absolute atomic E-state index is 0.209. The van der Waals surface area contributed by atoms with Gasteiger partial charge in [0.2, 0.25) is 0 Å². The molecule has 1 aliphatic rings. The molecule has 244 valence electrons. The number of unbranched alkanes of at least 4 members (excludes halogenated alkanes) is 7. The van der Waals surface area contributed by atoms with Crippen molar-refractivity contribution in [2.75, 3.05) is 6.61 Å². The average molecular weight is 627 g/mol. The number of ether oxygens (including phenoxy) is 3. The summed E-state index contributed by atoms with van der Waals surface area (Å²) in [4.78, 5) is 25.7. The Morgan fingerprint density at radius 1 is 0.800 bits per heavy atom. The van der Waals surface area contributed by atoms with E-state index in [0.717, 1.165) is 53.3 Å². The number of halogens is 3. The smallest absolute Gasteiger partial charge is 0.425 e. The van der Waals surface area contributed by atoms with Crippen LogP contribution in [0.3, 0.4) is 0 Å². The number of fused-ring (bicyclic) bond motifs is 2. The molecule has 0 saturated heterocycles. The predicted octanol–water partition coefficient (Wildman–Crippen LogP) is 9.96. The Bertz CT molecular complexity index is 1420. The van der Waals surface area contributed by atoms with E-state index < -0.39 is 30.1 Å². The van der Waals surface area contributed by atoms with Crippen LogP contribution in [-0.2, 0) is 22.4 Å². The Labute approximate surface area is 264 Å². The number of benzene rings is 3. The zero-order valence-electron chi connectivity index (χ0n) is 26.4. The quantitative estimate of drug-likeness (QED) is 0.0900. The molecule has 1 unspecified atom stereocenters. The molecule has 0 heterocycles. The molecule has 0 fully saturated rings. The molecule has 0 bridgehead atoms. The highest BCUT2D eigenvalue weighted by molar-refractivity contribution is 5.96. The molecule has 3 aromatic rings. The Morgan fingerprint density at radius 3 is 2.24 bits per heavy atom. The number of carbonyl (C=O) groups is 2. The molecule has 3 aromatic carbocycles. The number of rotatable bonds is 16. The van der Waals surface area contributed by atoms with Crippen molar-refractivity contribution in [1.29, 1.82) is 0 Å². The molecule has 5 nitrogen and oxygen atoms in total. The number of alkyl halides is 3. The third kappa shape index (κ3) is 10.2. The van der Waals surface area contributed by atoms with Crippen molar-refractivity contribution in [3.8, 4) is 11.5 Å². The van der Waals surface area contributed by atoms with Crippen LogP contribution in [0.1, 0.15) is 106 Å². The first-order valence-corrected chi connectivity index (χ1v) is 16.5. The van der Waals surface area contributed by atoms with Crippen LogP contribution in [0, 0.1) is 5.92 Å². The van der Waals surface area contributed by atoms with Gasteiger partial charge in [-0.05, 0) is 96.8 Å². The van der Waals surface area contributed by atoms with Gasteiger partial charge in [-0.15, -0.1) is 0 Å². The molecule has 0 aromatic heterocycles. The molecular formula is C37H45F3O5. The minimum Gasteiger partial charge on any atom is -0.494 e. The van der Waals surface area contributed by atoms with Gasteiger partial charge in [-0.1, -0.05) is 77.0 Å². The lowest BCUT2D eigenvalue weighted by Crippen LogP contribution is -2.37. The summed E-state index contributed by atoms with van der Waals surface area (Å²) < 4.78 is 57.1. The van der Waals surface area contributed by atoms with Crippen molar-refractivity contribution in [2.24, 2.45) is 5.92 Å². The van der Waals surface area contributed by atoms with E-state index in [1.165, 1.54) is 19.3 Å². The van der Waals surface area contributed by atoms with Gasteiger partial charge in [0.25, 0.3) is 0 Å². The van der Waals surface area contributed by atoms with E-state index in [2.05, 4.69) is 6.92 Å². The summed E-state index contributed by atoms with van der Waals surface area (Å²) in [5, 5.41) is 1.87. The van der Waals surface area contributed by atoms with Gasteiger partial charge >= 0.3 is 18.1 Å². The Morgan fingerprint density at radius 2 is 1.49 bits per heavy atom. The summed E-state index contributed by atoms with van der Waals surface area (Å²) in [5.41, 5.74) is 2.17.